The topological polar surface area (TPSA) is 113 Å². The third-order valence-electron chi connectivity index (χ3n) is 4.46. The second-order valence-electron chi connectivity index (χ2n) is 6.48. The highest BCUT2D eigenvalue weighted by molar-refractivity contribution is 9.10. The number of nitrogens with two attached hydrogens (primary N) is 1. The summed E-state index contributed by atoms with van der Waals surface area (Å²) < 4.78 is 7.76. The van der Waals surface area contributed by atoms with Crippen molar-refractivity contribution in [2.45, 2.75) is 6.54 Å². The number of nitrogens with zero attached hydrogens (tertiary/aromatic N) is 2. The van der Waals surface area contributed by atoms with Gasteiger partial charge in [0.1, 0.15) is 11.4 Å². The highest BCUT2D eigenvalue weighted by Crippen LogP contribution is 2.13. The summed E-state index contributed by atoms with van der Waals surface area (Å²) in [5, 5.41) is 0. The molecular weight excluding hydrogens is 454 g/mol. The second-order valence-corrected chi connectivity index (χ2v) is 7.40. The van der Waals surface area contributed by atoms with Gasteiger partial charge >= 0.3 is 11.7 Å². The number of carbonyl (C=O) groups is 2. The Morgan fingerprint density at radius 1 is 1.03 bits per heavy atom. The van der Waals surface area contributed by atoms with Gasteiger partial charge in [0.15, 0.2) is 6.61 Å². The van der Waals surface area contributed by atoms with Gasteiger partial charge in [-0.25, -0.2) is 9.59 Å². The first kappa shape index (κ1) is 21.3. The van der Waals surface area contributed by atoms with Crippen LogP contribution in [-0.2, 0) is 18.3 Å². The lowest BCUT2D eigenvalue weighted by Gasteiger charge is -2.14. The Bertz CT molecular complexity index is 1210. The van der Waals surface area contributed by atoms with E-state index in [0.717, 1.165) is 19.2 Å². The molecule has 3 rings (SSSR count). The van der Waals surface area contributed by atoms with Crippen molar-refractivity contribution in [3.05, 3.63) is 96.6 Å². The number of anilines is 1. The molecule has 0 saturated heterocycles. The van der Waals surface area contributed by atoms with Gasteiger partial charge in [0, 0.05) is 11.5 Å². The van der Waals surface area contributed by atoms with E-state index in [2.05, 4.69) is 15.9 Å². The quantitative estimate of drug-likeness (QED) is 0.434. The smallest absolute Gasteiger partial charge is 0.338 e. The fourth-order valence-corrected chi connectivity index (χ4v) is 3.10. The maximum Gasteiger partial charge on any atom is 0.338 e. The Morgan fingerprint density at radius 2 is 1.67 bits per heavy atom. The summed E-state index contributed by atoms with van der Waals surface area (Å²) in [7, 11) is 1.26. The molecule has 1 aromatic heterocycles. The molecule has 0 aliphatic rings. The molecule has 0 saturated carbocycles. The summed E-state index contributed by atoms with van der Waals surface area (Å²) >= 11 is 3.26. The fourth-order valence-electron chi connectivity index (χ4n) is 2.84. The van der Waals surface area contributed by atoms with Crippen LogP contribution in [0.2, 0.25) is 0 Å². The zero-order chi connectivity index (χ0) is 21.8. The van der Waals surface area contributed by atoms with Crippen LogP contribution in [0.1, 0.15) is 26.3 Å². The molecule has 0 spiro atoms. The van der Waals surface area contributed by atoms with E-state index in [1.54, 1.807) is 36.4 Å². The Morgan fingerprint density at radius 3 is 2.30 bits per heavy atom. The number of hydrogen-bond donors (Lipinski definition) is 1. The number of carbonyl (C=O) groups excluding carboxylic acids is 2. The molecule has 0 amide bonds. The zero-order valence-electron chi connectivity index (χ0n) is 16.0. The summed E-state index contributed by atoms with van der Waals surface area (Å²) in [6.07, 6.45) is 0. The van der Waals surface area contributed by atoms with Crippen LogP contribution in [0.25, 0.3) is 0 Å². The number of benzene rings is 2. The molecular formula is C21H18BrN3O5. The predicted octanol–water partition coefficient (Wildman–Crippen LogP) is 1.98. The molecule has 3 aromatic rings. The van der Waals surface area contributed by atoms with Crippen LogP contribution < -0.4 is 17.0 Å². The molecule has 2 aromatic carbocycles. The molecule has 0 aliphatic heterocycles. The van der Waals surface area contributed by atoms with Gasteiger partial charge in [-0.2, -0.15) is 0 Å². The molecule has 154 valence electrons. The molecule has 0 bridgehead atoms. The summed E-state index contributed by atoms with van der Waals surface area (Å²) in [6, 6.07) is 15.4. The van der Waals surface area contributed by atoms with Crippen molar-refractivity contribution >= 4 is 33.5 Å². The van der Waals surface area contributed by atoms with Crippen LogP contribution in [0.15, 0.2) is 68.7 Å². The molecule has 1 heterocycles. The van der Waals surface area contributed by atoms with Gasteiger partial charge in [-0.15, -0.1) is 0 Å². The van der Waals surface area contributed by atoms with Crippen LogP contribution in [-0.4, -0.2) is 27.5 Å². The van der Waals surface area contributed by atoms with Crippen molar-refractivity contribution in [2.75, 3.05) is 12.3 Å². The normalized spacial score (nSPS) is 10.6. The molecule has 0 fully saturated rings. The van der Waals surface area contributed by atoms with Crippen LogP contribution >= 0.6 is 15.9 Å². The van der Waals surface area contributed by atoms with E-state index in [-0.39, 0.29) is 17.9 Å². The molecule has 0 atom stereocenters. The van der Waals surface area contributed by atoms with E-state index in [1.165, 1.54) is 19.2 Å². The molecule has 8 nitrogen and oxygen atoms in total. The first-order chi connectivity index (χ1) is 14.3. The minimum Gasteiger partial charge on any atom is -0.454 e. The van der Waals surface area contributed by atoms with Gasteiger partial charge in [-0.05, 0) is 29.8 Å². The van der Waals surface area contributed by atoms with Gasteiger partial charge in [0.05, 0.1) is 12.1 Å². The number of hydrogen-bond acceptors (Lipinski definition) is 6. The van der Waals surface area contributed by atoms with Crippen LogP contribution in [0.5, 0.6) is 0 Å². The number of esters is 1. The van der Waals surface area contributed by atoms with Gasteiger partial charge in [0.25, 0.3) is 5.56 Å². The number of halogens is 1. The molecule has 0 aliphatic carbocycles. The lowest BCUT2D eigenvalue weighted by atomic mass is 10.2. The van der Waals surface area contributed by atoms with E-state index in [1.807, 2.05) is 6.07 Å². The van der Waals surface area contributed by atoms with Crippen molar-refractivity contribution < 1.29 is 14.3 Å². The summed E-state index contributed by atoms with van der Waals surface area (Å²) in [6.45, 7) is -0.601. The lowest BCUT2D eigenvalue weighted by Crippen LogP contribution is -2.43. The number of nitrogen functional groups attached to an aromatic ring is 1. The molecule has 9 heteroatoms. The Kier molecular flexibility index (Phi) is 6.31. The Hall–Kier alpha value is -3.46. The Balaban J connectivity index is 1.88. The Labute approximate surface area is 179 Å². The molecule has 2 N–H and O–H groups in total. The lowest BCUT2D eigenvalue weighted by molar-refractivity contribution is 0.0474. The monoisotopic (exact) mass is 471 g/mol. The number of ether oxygens (including phenoxy) is 1. The first-order valence-electron chi connectivity index (χ1n) is 8.88. The zero-order valence-corrected chi connectivity index (χ0v) is 17.6. The highest BCUT2D eigenvalue weighted by atomic mass is 79.9. The van der Waals surface area contributed by atoms with E-state index < -0.39 is 35.2 Å². The van der Waals surface area contributed by atoms with Gasteiger partial charge < -0.3 is 10.5 Å². The standard InChI is InChI=1S/C21H18BrN3O5/c1-24-19(27)17(16(26)12-30-20(28)14-7-9-15(22)10-8-14)18(23)25(21(24)29)11-13-5-3-2-4-6-13/h2-10H,11-12,23H2,1H3. The average Bonchev–Trinajstić information content (AvgIpc) is 2.75. The minimum absolute atomic E-state index is 0.0819. The third-order valence-corrected chi connectivity index (χ3v) is 4.99. The average molecular weight is 472 g/mol. The van der Waals surface area contributed by atoms with E-state index in [0.29, 0.717) is 0 Å². The number of aromatic nitrogens is 2. The maximum atomic E-state index is 12.7. The third kappa shape index (κ3) is 4.41. The van der Waals surface area contributed by atoms with Gasteiger partial charge in [-0.3, -0.25) is 18.7 Å². The number of Topliss-reactive ketones (excluding diaryl/α,β-unsaturated/α-hetero) is 1. The molecule has 0 unspecified atom stereocenters. The van der Waals surface area contributed by atoms with Crippen LogP contribution in [0.4, 0.5) is 5.82 Å². The van der Waals surface area contributed by atoms with Gasteiger partial charge in [0.2, 0.25) is 5.78 Å². The SMILES string of the molecule is Cn1c(=O)c(C(=O)COC(=O)c2ccc(Br)cc2)c(N)n(Cc2ccccc2)c1=O. The molecule has 0 radical (unpaired) electrons. The summed E-state index contributed by atoms with van der Waals surface area (Å²) in [5.41, 5.74) is 5.16. The minimum atomic E-state index is -0.841. The van der Waals surface area contributed by atoms with Crippen molar-refractivity contribution in [3.8, 4) is 0 Å². The van der Waals surface area contributed by atoms with Crippen LogP contribution in [0, 0.1) is 0 Å². The fraction of sp³-hybridized carbons (Fsp3) is 0.143. The number of ketones is 1. The predicted molar refractivity (Wildman–Crippen MR) is 115 cm³/mol. The summed E-state index contributed by atoms with van der Waals surface area (Å²) in [5.74, 6) is -1.78. The van der Waals surface area contributed by atoms with Crippen molar-refractivity contribution in [1.29, 1.82) is 0 Å². The first-order valence-corrected chi connectivity index (χ1v) is 9.68. The number of rotatable bonds is 6. The van der Waals surface area contributed by atoms with Crippen LogP contribution in [0.3, 0.4) is 0 Å². The van der Waals surface area contributed by atoms with E-state index in [9.17, 15) is 19.2 Å². The largest absolute Gasteiger partial charge is 0.454 e. The summed E-state index contributed by atoms with van der Waals surface area (Å²) in [4.78, 5) is 49.8. The van der Waals surface area contributed by atoms with Gasteiger partial charge in [-0.1, -0.05) is 46.3 Å². The highest BCUT2D eigenvalue weighted by Gasteiger charge is 2.23. The van der Waals surface area contributed by atoms with E-state index >= 15 is 0 Å². The van der Waals surface area contributed by atoms with Crippen molar-refractivity contribution in [2.24, 2.45) is 7.05 Å². The van der Waals surface area contributed by atoms with Crippen molar-refractivity contribution in [3.63, 3.8) is 0 Å². The second kappa shape index (κ2) is 8.91. The van der Waals surface area contributed by atoms with E-state index in [4.69, 9.17) is 10.5 Å². The molecule has 30 heavy (non-hydrogen) atoms. The van der Waals surface area contributed by atoms with Crippen molar-refractivity contribution in [1.82, 2.24) is 9.13 Å². The maximum absolute atomic E-state index is 12.7.